The zero-order valence-electron chi connectivity index (χ0n) is 8.96. The van der Waals surface area contributed by atoms with Crippen molar-refractivity contribution in [3.05, 3.63) is 53.5 Å². The van der Waals surface area contributed by atoms with Crippen LogP contribution < -0.4 is 0 Å². The number of carbonyl (C=O) groups is 1. The van der Waals surface area contributed by atoms with Gasteiger partial charge in [0.2, 0.25) is 0 Å². The maximum atomic E-state index is 10.6. The number of carbonyl (C=O) groups excluding carboxylic acids is 1. The van der Waals surface area contributed by atoms with E-state index in [0.717, 1.165) is 22.9 Å². The van der Waals surface area contributed by atoms with E-state index >= 15 is 0 Å². The van der Waals surface area contributed by atoms with Crippen molar-refractivity contribution in [3.8, 4) is 11.1 Å². The molecule has 0 aliphatic heterocycles. The monoisotopic (exact) mass is 239 g/mol. The lowest BCUT2D eigenvalue weighted by atomic mass is 10.0. The van der Waals surface area contributed by atoms with Gasteiger partial charge < -0.3 is 0 Å². The first-order chi connectivity index (χ1) is 8.36. The first kappa shape index (κ1) is 10.2. The molecule has 2 aromatic carbocycles. The third kappa shape index (κ3) is 1.85. The average molecular weight is 239 g/mol. The van der Waals surface area contributed by atoms with Crippen molar-refractivity contribution in [1.82, 2.24) is 4.98 Å². The second-order valence-electron chi connectivity index (χ2n) is 3.77. The van der Waals surface area contributed by atoms with E-state index in [9.17, 15) is 4.79 Å². The molecule has 0 saturated heterocycles. The summed E-state index contributed by atoms with van der Waals surface area (Å²) < 4.78 is 1.18. The molecular weight excluding hydrogens is 230 g/mol. The van der Waals surface area contributed by atoms with Crippen LogP contribution >= 0.6 is 11.3 Å². The quantitative estimate of drug-likeness (QED) is 0.637. The van der Waals surface area contributed by atoms with Gasteiger partial charge in [-0.3, -0.25) is 4.79 Å². The topological polar surface area (TPSA) is 30.0 Å². The summed E-state index contributed by atoms with van der Waals surface area (Å²) in [4.78, 5) is 14.8. The molecule has 1 heterocycles. The molecule has 1 aromatic heterocycles. The van der Waals surface area contributed by atoms with E-state index < -0.39 is 0 Å². The van der Waals surface area contributed by atoms with Crippen LogP contribution in [0.25, 0.3) is 21.3 Å². The molecule has 0 unspecified atom stereocenters. The number of rotatable bonds is 2. The molecule has 0 bridgehead atoms. The minimum atomic E-state index is 0.701. The minimum Gasteiger partial charge on any atom is -0.298 e. The van der Waals surface area contributed by atoms with Crippen LogP contribution in [0.5, 0.6) is 0 Å². The number of nitrogens with zero attached hydrogens (tertiary/aromatic N) is 1. The van der Waals surface area contributed by atoms with Crippen LogP contribution in [0.4, 0.5) is 0 Å². The van der Waals surface area contributed by atoms with E-state index in [-0.39, 0.29) is 0 Å². The zero-order chi connectivity index (χ0) is 11.7. The number of benzene rings is 2. The summed E-state index contributed by atoms with van der Waals surface area (Å²) in [6.07, 6.45) is 0.857. The van der Waals surface area contributed by atoms with Crippen molar-refractivity contribution >= 4 is 27.8 Å². The summed E-state index contributed by atoms with van der Waals surface area (Å²) >= 11 is 1.64. The molecular formula is C14H9NOS. The van der Waals surface area contributed by atoms with E-state index in [1.807, 2.05) is 35.8 Å². The number of thiazole rings is 1. The van der Waals surface area contributed by atoms with Gasteiger partial charge in [-0.15, -0.1) is 11.3 Å². The van der Waals surface area contributed by atoms with Gasteiger partial charge in [0.05, 0.1) is 15.7 Å². The van der Waals surface area contributed by atoms with Gasteiger partial charge >= 0.3 is 0 Å². The molecule has 0 N–H and O–H groups in total. The Morgan fingerprint density at radius 1 is 1.00 bits per heavy atom. The fourth-order valence-electron chi connectivity index (χ4n) is 1.79. The summed E-state index contributed by atoms with van der Waals surface area (Å²) in [7, 11) is 0. The molecule has 0 spiro atoms. The van der Waals surface area contributed by atoms with Crippen molar-refractivity contribution in [1.29, 1.82) is 0 Å². The molecule has 0 atom stereocenters. The van der Waals surface area contributed by atoms with E-state index in [4.69, 9.17) is 0 Å². The van der Waals surface area contributed by atoms with Gasteiger partial charge in [0.1, 0.15) is 6.29 Å². The zero-order valence-corrected chi connectivity index (χ0v) is 9.78. The van der Waals surface area contributed by atoms with E-state index in [2.05, 4.69) is 17.1 Å². The predicted octanol–water partition coefficient (Wildman–Crippen LogP) is 3.78. The molecule has 0 radical (unpaired) electrons. The Labute approximate surface area is 103 Å². The number of aromatic nitrogens is 1. The maximum Gasteiger partial charge on any atom is 0.150 e. The SMILES string of the molecule is O=Cc1ccc(-c2ccc3ncsc3c2)cc1. The summed E-state index contributed by atoms with van der Waals surface area (Å²) in [6.45, 7) is 0. The van der Waals surface area contributed by atoms with Crippen molar-refractivity contribution in [2.75, 3.05) is 0 Å². The van der Waals surface area contributed by atoms with E-state index in [1.165, 1.54) is 4.70 Å². The molecule has 0 fully saturated rings. The lowest BCUT2D eigenvalue weighted by molar-refractivity contribution is 0.112. The fourth-order valence-corrected chi connectivity index (χ4v) is 2.51. The highest BCUT2D eigenvalue weighted by molar-refractivity contribution is 7.16. The van der Waals surface area contributed by atoms with E-state index in [0.29, 0.717) is 5.56 Å². The maximum absolute atomic E-state index is 10.6. The largest absolute Gasteiger partial charge is 0.298 e. The van der Waals surface area contributed by atoms with Gasteiger partial charge in [0.25, 0.3) is 0 Å². The molecule has 0 aliphatic rings. The molecule has 17 heavy (non-hydrogen) atoms. The fraction of sp³-hybridized carbons (Fsp3) is 0. The first-order valence-electron chi connectivity index (χ1n) is 5.26. The van der Waals surface area contributed by atoms with Crippen molar-refractivity contribution in [3.63, 3.8) is 0 Å². The van der Waals surface area contributed by atoms with Crippen molar-refractivity contribution < 1.29 is 4.79 Å². The highest BCUT2D eigenvalue weighted by Crippen LogP contribution is 2.26. The van der Waals surface area contributed by atoms with Crippen LogP contribution in [0.3, 0.4) is 0 Å². The number of aldehydes is 1. The van der Waals surface area contributed by atoms with Crippen LogP contribution in [0, 0.1) is 0 Å². The Morgan fingerprint density at radius 3 is 2.53 bits per heavy atom. The average Bonchev–Trinajstić information content (AvgIpc) is 2.86. The molecule has 0 amide bonds. The van der Waals surface area contributed by atoms with Crippen molar-refractivity contribution in [2.45, 2.75) is 0 Å². The summed E-state index contributed by atoms with van der Waals surface area (Å²) in [6, 6.07) is 13.8. The van der Waals surface area contributed by atoms with Gasteiger partial charge in [0.15, 0.2) is 0 Å². The molecule has 0 saturated carbocycles. The number of fused-ring (bicyclic) bond motifs is 1. The highest BCUT2D eigenvalue weighted by atomic mass is 32.1. The Hall–Kier alpha value is -2.00. The Balaban J connectivity index is 2.09. The standard InChI is InChI=1S/C14H9NOS/c16-8-10-1-3-11(4-2-10)12-5-6-13-14(7-12)17-9-15-13/h1-9H. The third-order valence-electron chi connectivity index (χ3n) is 2.71. The van der Waals surface area contributed by atoms with Gasteiger partial charge in [-0.05, 0) is 23.3 Å². The van der Waals surface area contributed by atoms with Crippen LogP contribution in [0.15, 0.2) is 48.0 Å². The van der Waals surface area contributed by atoms with Gasteiger partial charge in [-0.2, -0.15) is 0 Å². The Bertz CT molecular complexity index is 670. The van der Waals surface area contributed by atoms with Crippen LogP contribution in [0.1, 0.15) is 10.4 Å². The van der Waals surface area contributed by atoms with Crippen LogP contribution in [-0.2, 0) is 0 Å². The summed E-state index contributed by atoms with van der Waals surface area (Å²) in [5.74, 6) is 0. The van der Waals surface area contributed by atoms with Gasteiger partial charge in [-0.1, -0.05) is 30.3 Å². The molecule has 2 nitrogen and oxygen atoms in total. The van der Waals surface area contributed by atoms with Crippen LogP contribution in [-0.4, -0.2) is 11.3 Å². The Morgan fingerprint density at radius 2 is 1.76 bits per heavy atom. The molecule has 0 aliphatic carbocycles. The number of hydrogen-bond donors (Lipinski definition) is 0. The smallest absolute Gasteiger partial charge is 0.150 e. The first-order valence-corrected chi connectivity index (χ1v) is 6.14. The molecule has 3 rings (SSSR count). The highest BCUT2D eigenvalue weighted by Gasteiger charge is 2.01. The van der Waals surface area contributed by atoms with Crippen molar-refractivity contribution in [2.24, 2.45) is 0 Å². The van der Waals surface area contributed by atoms with Gasteiger partial charge in [0, 0.05) is 5.56 Å². The third-order valence-corrected chi connectivity index (χ3v) is 3.50. The van der Waals surface area contributed by atoms with Gasteiger partial charge in [-0.25, -0.2) is 4.98 Å². The second kappa shape index (κ2) is 4.11. The minimum absolute atomic E-state index is 0.701. The lowest BCUT2D eigenvalue weighted by Crippen LogP contribution is -1.81. The van der Waals surface area contributed by atoms with E-state index in [1.54, 1.807) is 11.3 Å². The van der Waals surface area contributed by atoms with Crippen LogP contribution in [0.2, 0.25) is 0 Å². The molecule has 3 aromatic rings. The second-order valence-corrected chi connectivity index (χ2v) is 4.66. The predicted molar refractivity (Wildman–Crippen MR) is 70.4 cm³/mol. The Kier molecular flexibility index (Phi) is 2.46. The number of hydrogen-bond acceptors (Lipinski definition) is 3. The molecule has 82 valence electrons. The lowest BCUT2D eigenvalue weighted by Gasteiger charge is -2.01. The normalized spacial score (nSPS) is 10.6. The molecule has 3 heteroatoms. The summed E-state index contributed by atoms with van der Waals surface area (Å²) in [5.41, 5.74) is 5.85. The summed E-state index contributed by atoms with van der Waals surface area (Å²) in [5, 5.41) is 0.